The van der Waals surface area contributed by atoms with Crippen molar-refractivity contribution in [3.63, 3.8) is 0 Å². The summed E-state index contributed by atoms with van der Waals surface area (Å²) in [5, 5.41) is 3.00. The fraction of sp³-hybridized carbons (Fsp3) is 0.533. The lowest BCUT2D eigenvalue weighted by Crippen LogP contribution is -2.30. The summed E-state index contributed by atoms with van der Waals surface area (Å²) < 4.78 is 5.20. The van der Waals surface area contributed by atoms with Crippen LogP contribution in [0.25, 0.3) is 0 Å². The van der Waals surface area contributed by atoms with Crippen molar-refractivity contribution >= 4 is 11.6 Å². The highest BCUT2D eigenvalue weighted by molar-refractivity contribution is 5.97. The number of ether oxygens (including phenoxy) is 1. The van der Waals surface area contributed by atoms with Gasteiger partial charge >= 0.3 is 0 Å². The lowest BCUT2D eigenvalue weighted by molar-refractivity contribution is 0.0940. The quantitative estimate of drug-likeness (QED) is 0.820. The molecule has 1 amide bonds. The summed E-state index contributed by atoms with van der Waals surface area (Å²) in [6.07, 6.45) is 6.34. The van der Waals surface area contributed by atoms with Gasteiger partial charge in [0.1, 0.15) is 5.75 Å². The maximum Gasteiger partial charge on any atom is 0.255 e. The van der Waals surface area contributed by atoms with Crippen molar-refractivity contribution in [1.29, 1.82) is 0 Å². The maximum atomic E-state index is 12.1. The molecule has 19 heavy (non-hydrogen) atoms. The molecular formula is C15H22N2O2. The van der Waals surface area contributed by atoms with Gasteiger partial charge in [-0.2, -0.15) is 0 Å². The van der Waals surface area contributed by atoms with Crippen molar-refractivity contribution in [2.24, 2.45) is 5.92 Å². The van der Waals surface area contributed by atoms with Crippen molar-refractivity contribution < 1.29 is 9.53 Å². The summed E-state index contributed by atoms with van der Waals surface area (Å²) in [6, 6.07) is 5.11. The Morgan fingerprint density at radius 1 is 1.37 bits per heavy atom. The molecule has 0 atom stereocenters. The summed E-state index contributed by atoms with van der Waals surface area (Å²) in [7, 11) is 1.55. The average Bonchev–Trinajstić information content (AvgIpc) is 2.45. The summed E-state index contributed by atoms with van der Waals surface area (Å²) in [5.41, 5.74) is 6.83. The van der Waals surface area contributed by atoms with Crippen molar-refractivity contribution in [2.45, 2.75) is 32.1 Å². The largest absolute Gasteiger partial charge is 0.496 e. The lowest BCUT2D eigenvalue weighted by Gasteiger charge is -2.22. The van der Waals surface area contributed by atoms with E-state index in [4.69, 9.17) is 10.5 Å². The topological polar surface area (TPSA) is 64.3 Å². The highest BCUT2D eigenvalue weighted by atomic mass is 16.5. The van der Waals surface area contributed by atoms with E-state index in [9.17, 15) is 4.79 Å². The molecule has 0 spiro atoms. The van der Waals surface area contributed by atoms with Gasteiger partial charge in [-0.15, -0.1) is 0 Å². The molecule has 0 bridgehead atoms. The first-order valence-corrected chi connectivity index (χ1v) is 6.92. The molecule has 1 aromatic carbocycles. The molecule has 4 heteroatoms. The summed E-state index contributed by atoms with van der Waals surface area (Å²) in [5.74, 6) is 1.07. The highest BCUT2D eigenvalue weighted by Gasteiger charge is 2.16. The summed E-state index contributed by atoms with van der Waals surface area (Å²) in [6.45, 7) is 0.756. The first kappa shape index (κ1) is 13.7. The molecule has 0 heterocycles. The number of benzene rings is 1. The van der Waals surface area contributed by atoms with Gasteiger partial charge in [-0.1, -0.05) is 19.3 Å². The number of nitrogens with one attached hydrogen (secondary N) is 1. The monoisotopic (exact) mass is 262 g/mol. The highest BCUT2D eigenvalue weighted by Crippen LogP contribution is 2.24. The van der Waals surface area contributed by atoms with Gasteiger partial charge in [0, 0.05) is 18.3 Å². The standard InChI is InChI=1S/C15H22N2O2/c1-19-14-9-12(16)7-8-13(14)15(18)17-10-11-5-3-2-4-6-11/h7-9,11H,2-6,10,16H2,1H3,(H,17,18). The average molecular weight is 262 g/mol. The molecule has 1 fully saturated rings. The second kappa shape index (κ2) is 6.45. The Morgan fingerprint density at radius 3 is 2.79 bits per heavy atom. The van der Waals surface area contributed by atoms with Crippen molar-refractivity contribution in [3.8, 4) is 5.75 Å². The van der Waals surface area contributed by atoms with Crippen LogP contribution in [0.15, 0.2) is 18.2 Å². The molecule has 0 unspecified atom stereocenters. The number of carbonyl (C=O) groups is 1. The fourth-order valence-corrected chi connectivity index (χ4v) is 2.62. The maximum absolute atomic E-state index is 12.1. The first-order valence-electron chi connectivity index (χ1n) is 6.92. The van der Waals surface area contributed by atoms with E-state index in [1.165, 1.54) is 32.1 Å². The smallest absolute Gasteiger partial charge is 0.255 e. The molecule has 1 aliphatic rings. The number of rotatable bonds is 4. The second-order valence-electron chi connectivity index (χ2n) is 5.17. The molecule has 1 aromatic rings. The third-order valence-electron chi connectivity index (χ3n) is 3.75. The minimum Gasteiger partial charge on any atom is -0.496 e. The zero-order chi connectivity index (χ0) is 13.7. The zero-order valence-corrected chi connectivity index (χ0v) is 11.4. The van der Waals surface area contributed by atoms with E-state index < -0.39 is 0 Å². The number of nitrogen functional groups attached to an aromatic ring is 1. The summed E-state index contributed by atoms with van der Waals surface area (Å²) in [4.78, 5) is 12.1. The first-order chi connectivity index (χ1) is 9.20. The lowest BCUT2D eigenvalue weighted by atomic mass is 9.89. The minimum absolute atomic E-state index is 0.0811. The van der Waals surface area contributed by atoms with E-state index in [0.717, 1.165) is 6.54 Å². The Morgan fingerprint density at radius 2 is 2.11 bits per heavy atom. The van der Waals surface area contributed by atoms with Crippen molar-refractivity contribution in [1.82, 2.24) is 5.32 Å². The number of carbonyl (C=O) groups excluding carboxylic acids is 1. The molecule has 3 N–H and O–H groups in total. The van der Waals surface area contributed by atoms with Crippen LogP contribution >= 0.6 is 0 Å². The second-order valence-corrected chi connectivity index (χ2v) is 5.17. The molecule has 2 rings (SSSR count). The van der Waals surface area contributed by atoms with Crippen molar-refractivity contribution in [3.05, 3.63) is 23.8 Å². The molecule has 0 radical (unpaired) electrons. The van der Waals surface area contributed by atoms with E-state index >= 15 is 0 Å². The van der Waals surface area contributed by atoms with Crippen LogP contribution in [0.5, 0.6) is 5.75 Å². The van der Waals surface area contributed by atoms with Gasteiger partial charge in [0.25, 0.3) is 5.91 Å². The van der Waals surface area contributed by atoms with E-state index in [1.807, 2.05) is 0 Å². The molecule has 0 aliphatic heterocycles. The molecule has 0 saturated heterocycles. The van der Waals surface area contributed by atoms with Crippen molar-refractivity contribution in [2.75, 3.05) is 19.4 Å². The SMILES string of the molecule is COc1cc(N)ccc1C(=O)NCC1CCCCC1. The van der Waals surface area contributed by atoms with Gasteiger partial charge in [-0.25, -0.2) is 0 Å². The predicted molar refractivity (Wildman–Crippen MR) is 76.3 cm³/mol. The van der Waals surface area contributed by atoms with Crippen LogP contribution in [0.1, 0.15) is 42.5 Å². The number of anilines is 1. The van der Waals surface area contributed by atoms with Gasteiger partial charge in [0.15, 0.2) is 0 Å². The van der Waals surface area contributed by atoms with E-state index in [0.29, 0.717) is 22.9 Å². The van der Waals surface area contributed by atoms with Gasteiger partial charge in [-0.3, -0.25) is 4.79 Å². The Kier molecular flexibility index (Phi) is 4.66. The van der Waals surface area contributed by atoms with E-state index in [1.54, 1.807) is 25.3 Å². The van der Waals surface area contributed by atoms with Crippen LogP contribution in [-0.2, 0) is 0 Å². The zero-order valence-electron chi connectivity index (χ0n) is 11.4. The van der Waals surface area contributed by atoms with Gasteiger partial charge < -0.3 is 15.8 Å². The van der Waals surface area contributed by atoms with Crippen LogP contribution in [0, 0.1) is 5.92 Å². The van der Waals surface area contributed by atoms with Crippen LogP contribution in [-0.4, -0.2) is 19.6 Å². The summed E-state index contributed by atoms with van der Waals surface area (Å²) >= 11 is 0. The molecule has 0 aromatic heterocycles. The minimum atomic E-state index is -0.0811. The molecular weight excluding hydrogens is 240 g/mol. The number of hydrogen-bond donors (Lipinski definition) is 2. The van der Waals surface area contributed by atoms with Gasteiger partial charge in [-0.05, 0) is 30.9 Å². The number of methoxy groups -OCH3 is 1. The van der Waals surface area contributed by atoms with Crippen LogP contribution in [0.3, 0.4) is 0 Å². The third kappa shape index (κ3) is 3.63. The third-order valence-corrected chi connectivity index (χ3v) is 3.75. The van der Waals surface area contributed by atoms with Crippen LogP contribution < -0.4 is 15.8 Å². The van der Waals surface area contributed by atoms with Gasteiger partial charge in [0.05, 0.1) is 12.7 Å². The number of nitrogens with two attached hydrogens (primary N) is 1. The Labute approximate surface area is 114 Å². The normalized spacial score (nSPS) is 16.1. The van der Waals surface area contributed by atoms with Crippen LogP contribution in [0.4, 0.5) is 5.69 Å². The molecule has 1 aliphatic carbocycles. The molecule has 1 saturated carbocycles. The predicted octanol–water partition coefficient (Wildman–Crippen LogP) is 2.59. The number of amides is 1. The Balaban J connectivity index is 1.95. The Hall–Kier alpha value is -1.71. The molecule has 4 nitrogen and oxygen atoms in total. The van der Waals surface area contributed by atoms with Crippen LogP contribution in [0.2, 0.25) is 0 Å². The van der Waals surface area contributed by atoms with E-state index in [-0.39, 0.29) is 5.91 Å². The fourth-order valence-electron chi connectivity index (χ4n) is 2.62. The number of hydrogen-bond acceptors (Lipinski definition) is 3. The van der Waals surface area contributed by atoms with Gasteiger partial charge in [0.2, 0.25) is 0 Å². The Bertz CT molecular complexity index is 440. The van der Waals surface area contributed by atoms with E-state index in [2.05, 4.69) is 5.32 Å². The molecule has 104 valence electrons.